The number of thiophene rings is 1. The first kappa shape index (κ1) is 12.9. The van der Waals surface area contributed by atoms with Crippen LogP contribution in [0.15, 0.2) is 40.5 Å². The van der Waals surface area contributed by atoms with Crippen molar-refractivity contribution in [3.63, 3.8) is 0 Å². The van der Waals surface area contributed by atoms with Crippen molar-refractivity contribution in [2.45, 2.75) is 13.3 Å². The van der Waals surface area contributed by atoms with E-state index < -0.39 is 0 Å². The quantitative estimate of drug-likeness (QED) is 0.799. The topological polar surface area (TPSA) is 55.0 Å². The van der Waals surface area contributed by atoms with Crippen molar-refractivity contribution < 1.29 is 4.74 Å². The Hall–Kier alpha value is -2.14. The molecule has 3 rings (SSSR count). The van der Waals surface area contributed by atoms with E-state index in [0.29, 0.717) is 17.8 Å². The van der Waals surface area contributed by atoms with Gasteiger partial charge >= 0.3 is 0 Å². The van der Waals surface area contributed by atoms with Gasteiger partial charge in [-0.1, -0.05) is 19.1 Å². The van der Waals surface area contributed by atoms with E-state index in [0.717, 1.165) is 22.6 Å². The second-order valence-corrected chi connectivity index (χ2v) is 5.29. The van der Waals surface area contributed by atoms with Crippen LogP contribution in [-0.2, 0) is 0 Å². The molecule has 0 spiro atoms. The fourth-order valence-corrected chi connectivity index (χ4v) is 2.76. The van der Waals surface area contributed by atoms with Gasteiger partial charge in [-0.3, -0.25) is 4.79 Å². The number of rotatable bonds is 4. The molecule has 0 saturated carbocycles. The molecule has 20 heavy (non-hydrogen) atoms. The minimum absolute atomic E-state index is 0.114. The predicted molar refractivity (Wildman–Crippen MR) is 81.5 cm³/mol. The van der Waals surface area contributed by atoms with Gasteiger partial charge in [-0.25, -0.2) is 4.98 Å². The van der Waals surface area contributed by atoms with Crippen molar-refractivity contribution in [1.29, 1.82) is 0 Å². The van der Waals surface area contributed by atoms with Crippen LogP contribution in [0, 0.1) is 0 Å². The molecule has 1 N–H and O–H groups in total. The van der Waals surface area contributed by atoms with Gasteiger partial charge in [0.25, 0.3) is 5.56 Å². The normalized spacial score (nSPS) is 10.8. The third kappa shape index (κ3) is 2.32. The zero-order chi connectivity index (χ0) is 13.9. The standard InChI is InChI=1S/C15H14N2O2S/c1-2-8-19-12-6-4-3-5-10(12)13-16-14(18)11-7-9-20-15(11)17-13/h3-7,9H,2,8H2,1H3,(H,16,17,18). The summed E-state index contributed by atoms with van der Waals surface area (Å²) in [5.74, 6) is 1.30. The lowest BCUT2D eigenvalue weighted by Crippen LogP contribution is -2.08. The van der Waals surface area contributed by atoms with Crippen molar-refractivity contribution >= 4 is 21.6 Å². The molecule has 3 aromatic rings. The van der Waals surface area contributed by atoms with Crippen LogP contribution in [0.2, 0.25) is 0 Å². The molecule has 0 radical (unpaired) electrons. The number of hydrogen-bond donors (Lipinski definition) is 1. The lowest BCUT2D eigenvalue weighted by atomic mass is 10.2. The zero-order valence-corrected chi connectivity index (χ0v) is 11.9. The van der Waals surface area contributed by atoms with Gasteiger partial charge in [0.05, 0.1) is 17.6 Å². The summed E-state index contributed by atoms with van der Waals surface area (Å²) in [6.45, 7) is 2.70. The molecule has 0 saturated heterocycles. The van der Waals surface area contributed by atoms with Gasteiger partial charge in [-0.05, 0) is 30.0 Å². The van der Waals surface area contributed by atoms with E-state index in [-0.39, 0.29) is 5.56 Å². The molecule has 2 aromatic heterocycles. The molecule has 0 atom stereocenters. The maximum Gasteiger partial charge on any atom is 0.259 e. The molecule has 0 amide bonds. The molecule has 1 aromatic carbocycles. The Balaban J connectivity index is 2.12. The summed E-state index contributed by atoms with van der Waals surface area (Å²) in [4.78, 5) is 20.1. The average Bonchev–Trinajstić information content (AvgIpc) is 2.94. The summed E-state index contributed by atoms with van der Waals surface area (Å²) in [5, 5.41) is 2.50. The van der Waals surface area contributed by atoms with Crippen molar-refractivity contribution in [1.82, 2.24) is 9.97 Å². The van der Waals surface area contributed by atoms with Crippen LogP contribution in [0.5, 0.6) is 5.75 Å². The Labute approximate surface area is 120 Å². The number of nitrogens with zero attached hydrogens (tertiary/aromatic N) is 1. The van der Waals surface area contributed by atoms with Gasteiger partial charge in [-0.2, -0.15) is 0 Å². The number of aromatic nitrogens is 2. The van der Waals surface area contributed by atoms with Crippen LogP contribution >= 0.6 is 11.3 Å². The van der Waals surface area contributed by atoms with E-state index in [9.17, 15) is 4.79 Å². The van der Waals surface area contributed by atoms with Gasteiger partial charge in [-0.15, -0.1) is 11.3 Å². The maximum absolute atomic E-state index is 12.0. The maximum atomic E-state index is 12.0. The molecule has 0 bridgehead atoms. The van der Waals surface area contributed by atoms with Gasteiger partial charge in [0, 0.05) is 0 Å². The number of para-hydroxylation sites is 1. The fourth-order valence-electron chi connectivity index (χ4n) is 1.99. The predicted octanol–water partition coefficient (Wildman–Crippen LogP) is 3.44. The summed E-state index contributed by atoms with van der Waals surface area (Å²) in [7, 11) is 0. The third-order valence-corrected chi connectivity index (χ3v) is 3.75. The number of nitrogens with one attached hydrogen (secondary N) is 1. The van der Waals surface area contributed by atoms with Crippen molar-refractivity contribution in [3.8, 4) is 17.1 Å². The highest BCUT2D eigenvalue weighted by atomic mass is 32.1. The summed E-state index contributed by atoms with van der Waals surface area (Å²) in [6, 6.07) is 9.41. The van der Waals surface area contributed by atoms with E-state index in [1.807, 2.05) is 29.6 Å². The van der Waals surface area contributed by atoms with Crippen molar-refractivity contribution in [3.05, 3.63) is 46.1 Å². The molecule has 0 aliphatic heterocycles. The zero-order valence-electron chi connectivity index (χ0n) is 11.1. The highest BCUT2D eigenvalue weighted by Gasteiger charge is 2.11. The van der Waals surface area contributed by atoms with Crippen LogP contribution in [0.25, 0.3) is 21.6 Å². The second kappa shape index (κ2) is 5.46. The summed E-state index contributed by atoms with van der Waals surface area (Å²) < 4.78 is 5.72. The molecule has 0 unspecified atom stereocenters. The summed E-state index contributed by atoms with van der Waals surface area (Å²) in [5.41, 5.74) is 0.699. The first-order chi connectivity index (χ1) is 9.79. The van der Waals surface area contributed by atoms with E-state index in [4.69, 9.17) is 4.74 Å². The number of benzene rings is 1. The number of fused-ring (bicyclic) bond motifs is 1. The number of H-pyrrole nitrogens is 1. The molecular formula is C15H14N2O2S. The average molecular weight is 286 g/mol. The highest BCUT2D eigenvalue weighted by molar-refractivity contribution is 7.16. The van der Waals surface area contributed by atoms with Gasteiger partial charge < -0.3 is 9.72 Å². The number of ether oxygens (including phenoxy) is 1. The smallest absolute Gasteiger partial charge is 0.259 e. The van der Waals surface area contributed by atoms with Gasteiger partial charge in [0.15, 0.2) is 0 Å². The third-order valence-electron chi connectivity index (χ3n) is 2.94. The van der Waals surface area contributed by atoms with Gasteiger partial charge in [0.1, 0.15) is 16.4 Å². The van der Waals surface area contributed by atoms with Crippen LogP contribution in [0.1, 0.15) is 13.3 Å². The van der Waals surface area contributed by atoms with E-state index in [1.54, 1.807) is 6.07 Å². The van der Waals surface area contributed by atoms with Crippen LogP contribution in [0.3, 0.4) is 0 Å². The van der Waals surface area contributed by atoms with Crippen LogP contribution in [0.4, 0.5) is 0 Å². The Morgan fingerprint density at radius 2 is 2.15 bits per heavy atom. The molecule has 5 heteroatoms. The molecule has 2 heterocycles. The number of aromatic amines is 1. The lowest BCUT2D eigenvalue weighted by molar-refractivity contribution is 0.318. The monoisotopic (exact) mass is 286 g/mol. The Morgan fingerprint density at radius 3 is 3.00 bits per heavy atom. The van der Waals surface area contributed by atoms with Crippen molar-refractivity contribution in [2.75, 3.05) is 6.61 Å². The number of hydrogen-bond acceptors (Lipinski definition) is 4. The first-order valence-corrected chi connectivity index (χ1v) is 7.37. The molecule has 0 fully saturated rings. The molecule has 102 valence electrons. The fraction of sp³-hybridized carbons (Fsp3) is 0.200. The van der Waals surface area contributed by atoms with Crippen LogP contribution < -0.4 is 10.3 Å². The van der Waals surface area contributed by atoms with Crippen molar-refractivity contribution in [2.24, 2.45) is 0 Å². The Kier molecular flexibility index (Phi) is 3.52. The minimum atomic E-state index is -0.114. The van der Waals surface area contributed by atoms with Gasteiger partial charge in [0.2, 0.25) is 0 Å². The Bertz CT molecular complexity index is 792. The summed E-state index contributed by atoms with van der Waals surface area (Å²) >= 11 is 1.46. The first-order valence-electron chi connectivity index (χ1n) is 6.49. The lowest BCUT2D eigenvalue weighted by Gasteiger charge is -2.09. The van der Waals surface area contributed by atoms with E-state index in [1.165, 1.54) is 11.3 Å². The SMILES string of the molecule is CCCOc1ccccc1-c1nc2sccc2c(=O)[nH]1. The second-order valence-electron chi connectivity index (χ2n) is 4.40. The molecule has 4 nitrogen and oxygen atoms in total. The van der Waals surface area contributed by atoms with E-state index in [2.05, 4.69) is 16.9 Å². The van der Waals surface area contributed by atoms with Crippen LogP contribution in [-0.4, -0.2) is 16.6 Å². The molecule has 0 aliphatic carbocycles. The molecular weight excluding hydrogens is 272 g/mol. The molecule has 0 aliphatic rings. The summed E-state index contributed by atoms with van der Waals surface area (Å²) in [6.07, 6.45) is 0.933. The van der Waals surface area contributed by atoms with E-state index >= 15 is 0 Å². The minimum Gasteiger partial charge on any atom is -0.493 e. The highest BCUT2D eigenvalue weighted by Crippen LogP contribution is 2.28. The largest absolute Gasteiger partial charge is 0.493 e. The Morgan fingerprint density at radius 1 is 1.30 bits per heavy atom.